The van der Waals surface area contributed by atoms with Gasteiger partial charge in [-0.25, -0.2) is 9.97 Å². The van der Waals surface area contributed by atoms with Crippen molar-refractivity contribution < 1.29 is 9.53 Å². The summed E-state index contributed by atoms with van der Waals surface area (Å²) < 4.78 is 5.88. The lowest BCUT2D eigenvalue weighted by atomic mass is 10.1. The summed E-state index contributed by atoms with van der Waals surface area (Å²) in [4.78, 5) is 29.1. The highest BCUT2D eigenvalue weighted by atomic mass is 16.5. The van der Waals surface area contributed by atoms with E-state index in [-0.39, 0.29) is 5.91 Å². The van der Waals surface area contributed by atoms with Crippen LogP contribution in [0.3, 0.4) is 0 Å². The summed E-state index contributed by atoms with van der Waals surface area (Å²) in [6.07, 6.45) is 7.91. The van der Waals surface area contributed by atoms with Gasteiger partial charge in [-0.3, -0.25) is 14.7 Å². The molecule has 5 rings (SSSR count). The summed E-state index contributed by atoms with van der Waals surface area (Å²) in [6.45, 7) is 6.95. The molecule has 1 saturated heterocycles. The monoisotopic (exact) mass is 441 g/mol. The lowest BCUT2D eigenvalue weighted by molar-refractivity contribution is -0.132. The molecular weight excluding hydrogens is 414 g/mol. The minimum Gasteiger partial charge on any atom is -0.424 e. The average molecular weight is 442 g/mol. The van der Waals surface area contributed by atoms with Crippen molar-refractivity contribution in [2.24, 2.45) is 4.99 Å². The summed E-state index contributed by atoms with van der Waals surface area (Å²) in [7, 11) is 0. The van der Waals surface area contributed by atoms with Crippen LogP contribution in [-0.2, 0) is 11.3 Å². The number of fused-ring (bicyclic) bond motifs is 1. The van der Waals surface area contributed by atoms with E-state index in [0.29, 0.717) is 24.7 Å². The van der Waals surface area contributed by atoms with Crippen LogP contribution >= 0.6 is 0 Å². The summed E-state index contributed by atoms with van der Waals surface area (Å²) in [5.74, 6) is 0.962. The van der Waals surface area contributed by atoms with E-state index in [9.17, 15) is 4.79 Å². The Bertz CT molecular complexity index is 1210. The number of aliphatic imine (C=N–C) groups is 1. The zero-order chi connectivity index (χ0) is 22.6. The fourth-order valence-corrected chi connectivity index (χ4v) is 4.25. The van der Waals surface area contributed by atoms with Gasteiger partial charge in [-0.05, 0) is 46.2 Å². The molecule has 1 amide bonds. The number of aromatic nitrogens is 2. The van der Waals surface area contributed by atoms with Gasteiger partial charge in [0.25, 0.3) is 0 Å². The predicted octanol–water partition coefficient (Wildman–Crippen LogP) is 3.94. The van der Waals surface area contributed by atoms with Crippen LogP contribution in [0.25, 0.3) is 16.3 Å². The summed E-state index contributed by atoms with van der Waals surface area (Å²) in [6, 6.07) is 12.9. The van der Waals surface area contributed by atoms with Crippen molar-refractivity contribution in [1.82, 2.24) is 19.8 Å². The number of piperazine rings is 1. The van der Waals surface area contributed by atoms with E-state index in [0.717, 1.165) is 49.2 Å². The molecule has 168 valence electrons. The molecular formula is C26H27N5O2. The summed E-state index contributed by atoms with van der Waals surface area (Å²) in [5, 5.41) is 2.28. The molecule has 3 heterocycles. The summed E-state index contributed by atoms with van der Waals surface area (Å²) >= 11 is 0. The molecule has 0 spiro atoms. The molecule has 7 nitrogen and oxygen atoms in total. The van der Waals surface area contributed by atoms with Gasteiger partial charge in [-0.1, -0.05) is 25.1 Å². The third-order valence-corrected chi connectivity index (χ3v) is 6.16. The van der Waals surface area contributed by atoms with Gasteiger partial charge in [0.15, 0.2) is 0 Å². The van der Waals surface area contributed by atoms with E-state index in [4.69, 9.17) is 4.74 Å². The van der Waals surface area contributed by atoms with Crippen molar-refractivity contribution in [2.45, 2.75) is 19.9 Å². The number of rotatable bonds is 6. The van der Waals surface area contributed by atoms with Gasteiger partial charge in [0.1, 0.15) is 5.75 Å². The van der Waals surface area contributed by atoms with Crippen molar-refractivity contribution in [1.29, 1.82) is 0 Å². The van der Waals surface area contributed by atoms with Crippen molar-refractivity contribution in [3.8, 4) is 11.8 Å². The number of carbonyl (C=O) groups excluding carboxylic acids is 1. The first-order valence-electron chi connectivity index (χ1n) is 11.4. The molecule has 3 aromatic rings. The van der Waals surface area contributed by atoms with Crippen molar-refractivity contribution in [2.75, 3.05) is 32.7 Å². The molecule has 1 aromatic heterocycles. The van der Waals surface area contributed by atoms with Gasteiger partial charge in [0.2, 0.25) is 5.91 Å². The number of allylic oxidation sites excluding steroid dienone is 1. The number of hydrogen-bond donors (Lipinski definition) is 0. The molecule has 0 aliphatic carbocycles. The van der Waals surface area contributed by atoms with Gasteiger partial charge in [0, 0.05) is 63.3 Å². The molecule has 2 aliphatic heterocycles. The Labute approximate surface area is 193 Å². The van der Waals surface area contributed by atoms with Gasteiger partial charge in [-0.15, -0.1) is 0 Å². The highest BCUT2D eigenvalue weighted by Crippen LogP contribution is 2.26. The predicted molar refractivity (Wildman–Crippen MR) is 130 cm³/mol. The molecule has 0 radical (unpaired) electrons. The third kappa shape index (κ3) is 4.93. The van der Waals surface area contributed by atoms with Crippen LogP contribution < -0.4 is 4.74 Å². The van der Waals surface area contributed by atoms with E-state index in [1.54, 1.807) is 18.6 Å². The normalized spacial score (nSPS) is 16.3. The van der Waals surface area contributed by atoms with E-state index in [1.807, 2.05) is 30.0 Å². The number of benzene rings is 2. The Morgan fingerprint density at radius 1 is 1.00 bits per heavy atom. The molecule has 0 saturated carbocycles. The molecule has 0 N–H and O–H groups in total. The van der Waals surface area contributed by atoms with Crippen molar-refractivity contribution >= 4 is 28.5 Å². The third-order valence-electron chi connectivity index (χ3n) is 6.16. The number of nitrogens with zero attached hydrogens (tertiary/aromatic N) is 5. The molecule has 2 aliphatic rings. The standard InChI is InChI=1S/C26H27N5O2/c1-2-25(32)31-11-9-30(10-12-31)18-19-3-4-21-14-24(6-5-20(21)13-19)33-26-28-16-23(17-29-26)22-7-8-27-15-22/h3-8,13-14,16-17H,2,9-12,15,18H2,1H3. The number of carbonyl (C=O) groups is 1. The minimum absolute atomic E-state index is 0.250. The number of ether oxygens (including phenoxy) is 1. The fourth-order valence-electron chi connectivity index (χ4n) is 4.25. The van der Waals surface area contributed by atoms with Gasteiger partial charge in [0.05, 0.1) is 6.54 Å². The first kappa shape index (κ1) is 21.3. The largest absolute Gasteiger partial charge is 0.424 e. The van der Waals surface area contributed by atoms with Gasteiger partial charge < -0.3 is 9.64 Å². The van der Waals surface area contributed by atoms with Crippen molar-refractivity contribution in [3.05, 3.63) is 66.0 Å². The molecule has 0 atom stereocenters. The maximum atomic E-state index is 11.9. The maximum Gasteiger partial charge on any atom is 0.321 e. The number of hydrogen-bond acceptors (Lipinski definition) is 6. The highest BCUT2D eigenvalue weighted by Gasteiger charge is 2.19. The average Bonchev–Trinajstić information content (AvgIpc) is 3.40. The van der Waals surface area contributed by atoms with Crippen LogP contribution in [0.4, 0.5) is 0 Å². The topological polar surface area (TPSA) is 70.9 Å². The van der Waals surface area contributed by atoms with Crippen LogP contribution in [0, 0.1) is 0 Å². The van der Waals surface area contributed by atoms with Gasteiger partial charge >= 0.3 is 6.01 Å². The van der Waals surface area contributed by atoms with Crippen LogP contribution in [0.15, 0.2) is 59.9 Å². The second kappa shape index (κ2) is 9.50. The van der Waals surface area contributed by atoms with Crippen LogP contribution in [0.2, 0.25) is 0 Å². The zero-order valence-corrected chi connectivity index (χ0v) is 18.8. The molecule has 33 heavy (non-hydrogen) atoms. The summed E-state index contributed by atoms with van der Waals surface area (Å²) in [5.41, 5.74) is 3.35. The minimum atomic E-state index is 0.250. The maximum absolute atomic E-state index is 11.9. The second-order valence-corrected chi connectivity index (χ2v) is 8.39. The van der Waals surface area contributed by atoms with Crippen LogP contribution in [-0.4, -0.2) is 64.6 Å². The molecule has 0 bridgehead atoms. The van der Waals surface area contributed by atoms with Crippen LogP contribution in [0.5, 0.6) is 11.8 Å². The highest BCUT2D eigenvalue weighted by molar-refractivity contribution is 5.89. The Kier molecular flexibility index (Phi) is 6.13. The first-order valence-corrected chi connectivity index (χ1v) is 11.4. The lowest BCUT2D eigenvalue weighted by Gasteiger charge is -2.34. The Hall–Kier alpha value is -3.58. The lowest BCUT2D eigenvalue weighted by Crippen LogP contribution is -2.48. The smallest absolute Gasteiger partial charge is 0.321 e. The first-order chi connectivity index (χ1) is 16.2. The van der Waals surface area contributed by atoms with Crippen molar-refractivity contribution in [3.63, 3.8) is 0 Å². The molecule has 7 heteroatoms. The van der Waals surface area contributed by atoms with E-state index >= 15 is 0 Å². The molecule has 2 aromatic carbocycles. The van der Waals surface area contributed by atoms with E-state index < -0.39 is 0 Å². The number of amides is 1. The van der Waals surface area contributed by atoms with E-state index in [2.05, 4.69) is 44.1 Å². The van der Waals surface area contributed by atoms with Gasteiger partial charge in [-0.2, -0.15) is 0 Å². The SMILES string of the molecule is CCC(=O)N1CCN(Cc2ccc3cc(Oc4ncc(C5=CC=NC5)cn4)ccc3c2)CC1. The Morgan fingerprint density at radius 2 is 1.76 bits per heavy atom. The Morgan fingerprint density at radius 3 is 2.48 bits per heavy atom. The zero-order valence-electron chi connectivity index (χ0n) is 18.8. The Balaban J connectivity index is 1.22. The van der Waals surface area contributed by atoms with E-state index in [1.165, 1.54) is 10.9 Å². The van der Waals surface area contributed by atoms with Crippen LogP contribution in [0.1, 0.15) is 24.5 Å². The molecule has 1 fully saturated rings. The fraction of sp³-hybridized carbons (Fsp3) is 0.308. The second-order valence-electron chi connectivity index (χ2n) is 8.39. The quantitative estimate of drug-likeness (QED) is 0.579. The molecule has 0 unspecified atom stereocenters.